The molecule has 0 heterocycles. The van der Waals surface area contributed by atoms with Crippen molar-refractivity contribution >= 4 is 11.5 Å². The summed E-state index contributed by atoms with van der Waals surface area (Å²) in [5.74, 6) is 0.852. The van der Waals surface area contributed by atoms with Crippen molar-refractivity contribution in [2.75, 3.05) is 19.0 Å². The molecule has 4 heteroatoms. The van der Waals surface area contributed by atoms with E-state index in [2.05, 4.69) is 17.5 Å². The Morgan fingerprint density at radius 1 is 1.26 bits per heavy atom. The Balaban J connectivity index is 1.94. The topological polar surface area (TPSA) is 62.1 Å². The Hall–Kier alpha value is -2.80. The number of Topliss-reactive ketones (excluding diaryl/α,β-unsaturated/α-hetero) is 1. The molecule has 4 nitrogen and oxygen atoms in total. The van der Waals surface area contributed by atoms with Gasteiger partial charge in [-0.05, 0) is 55.7 Å². The van der Waals surface area contributed by atoms with Gasteiger partial charge in [0.2, 0.25) is 0 Å². The highest BCUT2D eigenvalue weighted by Gasteiger charge is 2.06. The van der Waals surface area contributed by atoms with Crippen molar-refractivity contribution in [1.29, 1.82) is 5.26 Å². The maximum Gasteiger partial charge on any atom is 0.159 e. The van der Waals surface area contributed by atoms with E-state index >= 15 is 0 Å². The molecular weight excluding hydrogens is 288 g/mol. The number of hydrogen-bond acceptors (Lipinski definition) is 4. The zero-order chi connectivity index (χ0) is 16.7. The summed E-state index contributed by atoms with van der Waals surface area (Å²) in [5.41, 5.74) is 3.09. The van der Waals surface area contributed by atoms with Crippen LogP contribution in [-0.2, 0) is 6.42 Å². The molecule has 0 unspecified atom stereocenters. The van der Waals surface area contributed by atoms with Gasteiger partial charge >= 0.3 is 0 Å². The second-order valence-electron chi connectivity index (χ2n) is 5.31. The number of nitriles is 1. The van der Waals surface area contributed by atoms with Crippen LogP contribution in [0, 0.1) is 11.3 Å². The molecule has 0 bridgehead atoms. The fraction of sp³-hybridized carbons (Fsp3) is 0.263. The van der Waals surface area contributed by atoms with Crippen molar-refractivity contribution in [3.63, 3.8) is 0 Å². The zero-order valence-corrected chi connectivity index (χ0v) is 13.4. The highest BCUT2D eigenvalue weighted by atomic mass is 16.5. The smallest absolute Gasteiger partial charge is 0.159 e. The summed E-state index contributed by atoms with van der Waals surface area (Å²) in [6.45, 7) is 2.25. The van der Waals surface area contributed by atoms with Crippen molar-refractivity contribution in [2.45, 2.75) is 19.8 Å². The van der Waals surface area contributed by atoms with Gasteiger partial charge in [-0.15, -0.1) is 0 Å². The first kappa shape index (κ1) is 16.6. The minimum absolute atomic E-state index is 0.00563. The fourth-order valence-electron chi connectivity index (χ4n) is 2.35. The Labute approximate surface area is 136 Å². The minimum Gasteiger partial charge on any atom is -0.497 e. The highest BCUT2D eigenvalue weighted by molar-refractivity contribution is 5.95. The lowest BCUT2D eigenvalue weighted by atomic mass is 10.1. The third-order valence-corrected chi connectivity index (χ3v) is 3.64. The molecule has 118 valence electrons. The van der Waals surface area contributed by atoms with Gasteiger partial charge in [0.15, 0.2) is 5.78 Å². The van der Waals surface area contributed by atoms with E-state index in [-0.39, 0.29) is 5.78 Å². The van der Waals surface area contributed by atoms with Crippen LogP contribution >= 0.6 is 0 Å². The van der Waals surface area contributed by atoms with E-state index in [0.29, 0.717) is 16.8 Å². The van der Waals surface area contributed by atoms with Crippen LogP contribution in [0.3, 0.4) is 0 Å². The van der Waals surface area contributed by atoms with Crippen LogP contribution < -0.4 is 10.1 Å². The van der Waals surface area contributed by atoms with Crippen LogP contribution in [0.25, 0.3) is 0 Å². The molecule has 0 aliphatic rings. The van der Waals surface area contributed by atoms with Crippen molar-refractivity contribution < 1.29 is 9.53 Å². The molecule has 0 fully saturated rings. The molecule has 0 spiro atoms. The van der Waals surface area contributed by atoms with Crippen LogP contribution in [0.15, 0.2) is 42.5 Å². The largest absolute Gasteiger partial charge is 0.497 e. The second-order valence-corrected chi connectivity index (χ2v) is 5.31. The standard InChI is InChI=1S/C19H20N2O2/c1-14(22)16-8-9-17(13-20)19(12-16)21-10-4-6-15-5-3-7-18(11-15)23-2/h3,5,7-9,11-12,21H,4,6,10H2,1-2H3. The molecular formula is C19H20N2O2. The van der Waals surface area contributed by atoms with Gasteiger partial charge in [-0.25, -0.2) is 0 Å². The van der Waals surface area contributed by atoms with Crippen LogP contribution in [0.2, 0.25) is 0 Å². The number of carbonyl (C=O) groups excluding carboxylic acids is 1. The average molecular weight is 308 g/mol. The molecule has 2 rings (SSSR count). The van der Waals surface area contributed by atoms with Gasteiger partial charge in [-0.2, -0.15) is 5.26 Å². The quantitative estimate of drug-likeness (QED) is 0.624. The minimum atomic E-state index is -0.00563. The SMILES string of the molecule is COc1cccc(CCCNc2cc(C(C)=O)ccc2C#N)c1. The predicted molar refractivity (Wildman–Crippen MR) is 91.0 cm³/mol. The monoisotopic (exact) mass is 308 g/mol. The Kier molecular flexibility index (Phi) is 5.76. The predicted octanol–water partition coefficient (Wildman–Crippen LogP) is 3.81. The van der Waals surface area contributed by atoms with Gasteiger partial charge in [-0.1, -0.05) is 12.1 Å². The third-order valence-electron chi connectivity index (χ3n) is 3.64. The molecule has 0 saturated heterocycles. The number of methoxy groups -OCH3 is 1. The summed E-state index contributed by atoms with van der Waals surface area (Å²) >= 11 is 0. The summed E-state index contributed by atoms with van der Waals surface area (Å²) in [4.78, 5) is 11.5. The summed E-state index contributed by atoms with van der Waals surface area (Å²) in [6.07, 6.45) is 1.83. The third kappa shape index (κ3) is 4.58. The normalized spacial score (nSPS) is 9.96. The number of anilines is 1. The van der Waals surface area contributed by atoms with Crippen LogP contribution in [0.1, 0.15) is 34.8 Å². The van der Waals surface area contributed by atoms with E-state index in [1.54, 1.807) is 25.3 Å². The molecule has 0 radical (unpaired) electrons. The molecule has 2 aromatic carbocycles. The number of carbonyl (C=O) groups is 1. The molecule has 1 N–H and O–H groups in total. The lowest BCUT2D eigenvalue weighted by Gasteiger charge is -2.10. The lowest BCUT2D eigenvalue weighted by Crippen LogP contribution is -2.06. The van der Waals surface area contributed by atoms with Crippen molar-refractivity contribution in [3.8, 4) is 11.8 Å². The number of rotatable bonds is 7. The average Bonchev–Trinajstić information content (AvgIpc) is 2.58. The van der Waals surface area contributed by atoms with Crippen molar-refractivity contribution in [2.24, 2.45) is 0 Å². The molecule has 23 heavy (non-hydrogen) atoms. The van der Waals surface area contributed by atoms with Crippen molar-refractivity contribution in [1.82, 2.24) is 0 Å². The zero-order valence-electron chi connectivity index (χ0n) is 13.4. The number of benzene rings is 2. The van der Waals surface area contributed by atoms with Crippen LogP contribution in [-0.4, -0.2) is 19.4 Å². The first-order chi connectivity index (χ1) is 11.1. The van der Waals surface area contributed by atoms with Gasteiger partial charge in [0, 0.05) is 12.1 Å². The van der Waals surface area contributed by atoms with Gasteiger partial charge < -0.3 is 10.1 Å². The maximum absolute atomic E-state index is 11.5. The second kappa shape index (κ2) is 8.00. The molecule has 0 aliphatic carbocycles. The summed E-state index contributed by atoms with van der Waals surface area (Å²) in [5, 5.41) is 12.4. The Morgan fingerprint density at radius 3 is 2.78 bits per heavy atom. The highest BCUT2D eigenvalue weighted by Crippen LogP contribution is 2.18. The Morgan fingerprint density at radius 2 is 2.09 bits per heavy atom. The number of hydrogen-bond donors (Lipinski definition) is 1. The van der Waals surface area contributed by atoms with Gasteiger partial charge in [-0.3, -0.25) is 4.79 Å². The van der Waals surface area contributed by atoms with E-state index in [9.17, 15) is 4.79 Å². The molecule has 0 aromatic heterocycles. The maximum atomic E-state index is 11.5. The first-order valence-electron chi connectivity index (χ1n) is 7.56. The summed E-state index contributed by atoms with van der Waals surface area (Å²) in [6, 6.07) is 15.2. The van der Waals surface area contributed by atoms with Crippen LogP contribution in [0.5, 0.6) is 5.75 Å². The van der Waals surface area contributed by atoms with E-state index < -0.39 is 0 Å². The molecule has 0 saturated carbocycles. The van der Waals surface area contributed by atoms with E-state index in [1.165, 1.54) is 12.5 Å². The summed E-state index contributed by atoms with van der Waals surface area (Å²) in [7, 11) is 1.66. The van der Waals surface area contributed by atoms with Gasteiger partial charge in [0.25, 0.3) is 0 Å². The van der Waals surface area contributed by atoms with Gasteiger partial charge in [0.05, 0.1) is 18.4 Å². The number of ketones is 1. The molecule has 0 atom stereocenters. The number of ether oxygens (including phenoxy) is 1. The first-order valence-corrected chi connectivity index (χ1v) is 7.56. The molecule has 0 aliphatic heterocycles. The van der Waals surface area contributed by atoms with E-state index in [1.807, 2.05) is 18.2 Å². The number of nitrogens with zero attached hydrogens (tertiary/aromatic N) is 1. The van der Waals surface area contributed by atoms with Crippen molar-refractivity contribution in [3.05, 3.63) is 59.2 Å². The molecule has 0 amide bonds. The van der Waals surface area contributed by atoms with Crippen LogP contribution in [0.4, 0.5) is 5.69 Å². The number of nitrogens with one attached hydrogen (secondary N) is 1. The molecule has 2 aromatic rings. The lowest BCUT2D eigenvalue weighted by molar-refractivity contribution is 0.101. The number of aryl methyl sites for hydroxylation is 1. The van der Waals surface area contributed by atoms with E-state index in [4.69, 9.17) is 10.00 Å². The van der Waals surface area contributed by atoms with E-state index in [0.717, 1.165) is 25.1 Å². The van der Waals surface area contributed by atoms with Gasteiger partial charge in [0.1, 0.15) is 11.8 Å². The Bertz CT molecular complexity index is 732. The summed E-state index contributed by atoms with van der Waals surface area (Å²) < 4.78 is 5.21. The fourth-order valence-corrected chi connectivity index (χ4v) is 2.35.